The number of ether oxygens (including phenoxy) is 1. The molecular weight excluding hydrogens is 232 g/mol. The molecule has 0 saturated heterocycles. The van der Waals surface area contributed by atoms with Gasteiger partial charge in [-0.3, -0.25) is 0 Å². The van der Waals surface area contributed by atoms with Gasteiger partial charge in [0, 0.05) is 13.7 Å². The Balaban J connectivity index is 3.59. The van der Waals surface area contributed by atoms with Gasteiger partial charge in [0.05, 0.1) is 6.54 Å². The molecule has 0 radical (unpaired) electrons. The zero-order valence-corrected chi connectivity index (χ0v) is 10.3. The predicted molar refractivity (Wildman–Crippen MR) is 62.8 cm³/mol. The maximum atomic E-state index is 11.2. The van der Waals surface area contributed by atoms with E-state index in [-0.39, 0.29) is 12.6 Å². The molecule has 1 unspecified atom stereocenters. The number of rotatable bonds is 8. The Morgan fingerprint density at radius 2 is 2.12 bits per heavy atom. The Morgan fingerprint density at radius 1 is 1.44 bits per heavy atom. The van der Waals surface area contributed by atoms with Crippen molar-refractivity contribution >= 4 is 23.8 Å². The third kappa shape index (κ3) is 7.36. The third-order valence-electron chi connectivity index (χ3n) is 1.82. The van der Waals surface area contributed by atoms with E-state index in [0.29, 0.717) is 6.54 Å². The van der Waals surface area contributed by atoms with Crippen molar-refractivity contribution in [3.63, 3.8) is 0 Å². The van der Waals surface area contributed by atoms with E-state index in [2.05, 4.69) is 15.4 Å². The van der Waals surface area contributed by atoms with Crippen molar-refractivity contribution in [2.45, 2.75) is 12.5 Å². The lowest BCUT2D eigenvalue weighted by atomic mass is 10.3. The van der Waals surface area contributed by atoms with E-state index in [9.17, 15) is 9.59 Å². The van der Waals surface area contributed by atoms with E-state index >= 15 is 0 Å². The molecule has 2 amide bonds. The van der Waals surface area contributed by atoms with Crippen LogP contribution >= 0.6 is 11.8 Å². The minimum atomic E-state index is -1.09. The minimum Gasteiger partial charge on any atom is -0.479 e. The van der Waals surface area contributed by atoms with Gasteiger partial charge in [-0.25, -0.2) is 9.59 Å². The fraction of sp³-hybridized carbons (Fsp3) is 0.778. The smallest absolute Gasteiger partial charge is 0.334 e. The monoisotopic (exact) mass is 250 g/mol. The molecule has 0 aromatic rings. The Morgan fingerprint density at radius 3 is 2.62 bits per heavy atom. The Labute approximate surface area is 99.1 Å². The standard InChI is InChI=1S/C9H18N2O4S/c1-15-7(8(12)13)6-11-9(14)10-4-3-5-16-2/h7H,3-6H2,1-2H3,(H,12,13)(H2,10,11,14). The number of methoxy groups -OCH3 is 1. The summed E-state index contributed by atoms with van der Waals surface area (Å²) in [6, 6.07) is -0.371. The topological polar surface area (TPSA) is 87.7 Å². The molecular formula is C9H18N2O4S. The highest BCUT2D eigenvalue weighted by Gasteiger charge is 2.16. The van der Waals surface area contributed by atoms with Gasteiger partial charge in [0.2, 0.25) is 0 Å². The summed E-state index contributed by atoms with van der Waals surface area (Å²) in [4.78, 5) is 21.7. The highest BCUT2D eigenvalue weighted by Crippen LogP contribution is 1.93. The van der Waals surface area contributed by atoms with E-state index in [1.807, 2.05) is 6.26 Å². The molecule has 0 spiro atoms. The lowest BCUT2D eigenvalue weighted by Gasteiger charge is -2.12. The summed E-state index contributed by atoms with van der Waals surface area (Å²) in [5.41, 5.74) is 0. The largest absolute Gasteiger partial charge is 0.479 e. The summed E-state index contributed by atoms with van der Waals surface area (Å²) < 4.78 is 4.66. The number of hydrogen-bond donors (Lipinski definition) is 3. The molecule has 0 aliphatic rings. The van der Waals surface area contributed by atoms with E-state index in [1.165, 1.54) is 7.11 Å². The number of amides is 2. The molecule has 1 atom stereocenters. The van der Waals surface area contributed by atoms with Gasteiger partial charge in [-0.1, -0.05) is 0 Å². The number of carboxylic acids is 1. The lowest BCUT2D eigenvalue weighted by Crippen LogP contribution is -2.43. The first-order valence-corrected chi connectivity index (χ1v) is 6.27. The second-order valence-electron chi connectivity index (χ2n) is 3.05. The highest BCUT2D eigenvalue weighted by molar-refractivity contribution is 7.98. The molecule has 0 bridgehead atoms. The summed E-state index contributed by atoms with van der Waals surface area (Å²) in [6.07, 6.45) is 1.88. The second kappa shape index (κ2) is 9.29. The van der Waals surface area contributed by atoms with Gasteiger partial charge >= 0.3 is 12.0 Å². The molecule has 0 rings (SSSR count). The van der Waals surface area contributed by atoms with Crippen LogP contribution in [-0.2, 0) is 9.53 Å². The maximum Gasteiger partial charge on any atom is 0.334 e. The molecule has 0 aliphatic heterocycles. The van der Waals surface area contributed by atoms with Crippen LogP contribution in [0.2, 0.25) is 0 Å². The van der Waals surface area contributed by atoms with Crippen LogP contribution in [0.15, 0.2) is 0 Å². The zero-order valence-electron chi connectivity index (χ0n) is 9.49. The van der Waals surface area contributed by atoms with Crippen molar-refractivity contribution in [3.8, 4) is 0 Å². The molecule has 7 heteroatoms. The van der Waals surface area contributed by atoms with Gasteiger partial charge < -0.3 is 20.5 Å². The van der Waals surface area contributed by atoms with Gasteiger partial charge in [0.15, 0.2) is 6.10 Å². The molecule has 0 saturated carbocycles. The van der Waals surface area contributed by atoms with Crippen molar-refractivity contribution in [1.82, 2.24) is 10.6 Å². The fourth-order valence-corrected chi connectivity index (χ4v) is 1.37. The summed E-state index contributed by atoms with van der Waals surface area (Å²) in [7, 11) is 1.29. The number of carbonyl (C=O) groups is 2. The van der Waals surface area contributed by atoms with E-state index in [0.717, 1.165) is 12.2 Å². The van der Waals surface area contributed by atoms with Gasteiger partial charge in [-0.05, 0) is 18.4 Å². The Kier molecular flexibility index (Phi) is 8.74. The molecule has 0 aliphatic carbocycles. The van der Waals surface area contributed by atoms with Crippen LogP contribution in [0.25, 0.3) is 0 Å². The van der Waals surface area contributed by atoms with Crippen molar-refractivity contribution in [1.29, 1.82) is 0 Å². The number of thioether (sulfide) groups is 1. The first-order chi connectivity index (χ1) is 7.61. The first kappa shape index (κ1) is 15.0. The summed E-state index contributed by atoms with van der Waals surface area (Å²) in [5.74, 6) is -0.110. The number of urea groups is 1. The van der Waals surface area contributed by atoms with Crippen LogP contribution in [-0.4, -0.2) is 55.4 Å². The van der Waals surface area contributed by atoms with E-state index < -0.39 is 12.1 Å². The Bertz CT molecular complexity index is 226. The average molecular weight is 250 g/mol. The van der Waals surface area contributed by atoms with Gasteiger partial charge in [-0.15, -0.1) is 0 Å². The van der Waals surface area contributed by atoms with Crippen LogP contribution in [0.3, 0.4) is 0 Å². The SMILES string of the molecule is COC(CNC(=O)NCCCSC)C(=O)O. The quantitative estimate of drug-likeness (QED) is 0.533. The minimum absolute atomic E-state index is 0.0415. The third-order valence-corrected chi connectivity index (χ3v) is 2.52. The number of hydrogen-bond acceptors (Lipinski definition) is 4. The number of carbonyl (C=O) groups excluding carboxylic acids is 1. The van der Waals surface area contributed by atoms with Gasteiger partial charge in [-0.2, -0.15) is 11.8 Å². The van der Waals surface area contributed by atoms with Gasteiger partial charge in [0.1, 0.15) is 0 Å². The molecule has 0 aromatic heterocycles. The fourth-order valence-electron chi connectivity index (χ4n) is 0.938. The summed E-state index contributed by atoms with van der Waals surface area (Å²) >= 11 is 1.71. The lowest BCUT2D eigenvalue weighted by molar-refractivity contribution is -0.147. The normalized spacial score (nSPS) is 11.9. The van der Waals surface area contributed by atoms with Crippen molar-refractivity contribution in [2.24, 2.45) is 0 Å². The van der Waals surface area contributed by atoms with Crippen molar-refractivity contribution in [2.75, 3.05) is 32.2 Å². The van der Waals surface area contributed by atoms with E-state index in [4.69, 9.17) is 5.11 Å². The molecule has 94 valence electrons. The van der Waals surface area contributed by atoms with Crippen LogP contribution in [0.4, 0.5) is 4.79 Å². The van der Waals surface area contributed by atoms with Crippen LogP contribution in [0, 0.1) is 0 Å². The van der Waals surface area contributed by atoms with Crippen molar-refractivity contribution in [3.05, 3.63) is 0 Å². The Hall–Kier alpha value is -0.950. The molecule has 0 fully saturated rings. The molecule has 0 heterocycles. The predicted octanol–water partition coefficient (Wildman–Crippen LogP) is 0.138. The van der Waals surface area contributed by atoms with Crippen LogP contribution in [0.5, 0.6) is 0 Å². The molecule has 0 aromatic carbocycles. The number of nitrogens with one attached hydrogen (secondary N) is 2. The summed E-state index contributed by atoms with van der Waals surface area (Å²) in [5, 5.41) is 13.7. The maximum absolute atomic E-state index is 11.2. The van der Waals surface area contributed by atoms with Crippen LogP contribution in [0.1, 0.15) is 6.42 Å². The average Bonchev–Trinajstić information content (AvgIpc) is 2.25. The highest BCUT2D eigenvalue weighted by atomic mass is 32.2. The van der Waals surface area contributed by atoms with Crippen LogP contribution < -0.4 is 10.6 Å². The molecule has 6 nitrogen and oxygen atoms in total. The second-order valence-corrected chi connectivity index (χ2v) is 4.03. The number of aliphatic carboxylic acids is 1. The van der Waals surface area contributed by atoms with Crippen molar-refractivity contribution < 1.29 is 19.4 Å². The first-order valence-electron chi connectivity index (χ1n) is 4.88. The van der Waals surface area contributed by atoms with Gasteiger partial charge in [0.25, 0.3) is 0 Å². The molecule has 3 N–H and O–H groups in total. The zero-order chi connectivity index (χ0) is 12.4. The number of carboxylic acid groups (broad SMARTS) is 1. The van der Waals surface area contributed by atoms with E-state index in [1.54, 1.807) is 11.8 Å². The molecule has 16 heavy (non-hydrogen) atoms. The summed E-state index contributed by atoms with van der Waals surface area (Å²) in [6.45, 7) is 0.539.